The summed E-state index contributed by atoms with van der Waals surface area (Å²) in [6, 6.07) is 0.0607. The van der Waals surface area contributed by atoms with Crippen LogP contribution in [0, 0.1) is 6.92 Å². The fraction of sp³-hybridized carbons (Fsp3) is 0.444. The fourth-order valence-electron chi connectivity index (χ4n) is 1.42. The van der Waals surface area contributed by atoms with Gasteiger partial charge in [0.05, 0.1) is 0 Å². The van der Waals surface area contributed by atoms with E-state index in [-0.39, 0.29) is 6.03 Å². The first-order valence-corrected chi connectivity index (χ1v) is 5.26. The number of carbonyl (C=O) groups excluding carboxylic acids is 1. The number of thiophene rings is 1. The van der Waals surface area contributed by atoms with Crippen molar-refractivity contribution in [2.45, 2.75) is 13.5 Å². The van der Waals surface area contributed by atoms with Crippen molar-refractivity contribution in [3.63, 3.8) is 0 Å². The summed E-state index contributed by atoms with van der Waals surface area (Å²) in [6.45, 7) is 4.44. The molecule has 0 aromatic carbocycles. The first-order chi connectivity index (χ1) is 6.27. The van der Waals surface area contributed by atoms with Gasteiger partial charge in [-0.15, -0.1) is 0 Å². The normalized spacial score (nSPS) is 16.4. The zero-order valence-electron chi connectivity index (χ0n) is 7.54. The lowest BCUT2D eigenvalue weighted by atomic mass is 10.2. The molecule has 1 N–H and O–H groups in total. The maximum atomic E-state index is 11.2. The van der Waals surface area contributed by atoms with Gasteiger partial charge in [0.2, 0.25) is 0 Å². The smallest absolute Gasteiger partial charge is 0.317 e. The largest absolute Gasteiger partial charge is 0.336 e. The Morgan fingerprint density at radius 2 is 2.46 bits per heavy atom. The number of nitrogens with one attached hydrogen (secondary N) is 1. The molecule has 0 saturated carbocycles. The maximum absolute atomic E-state index is 11.2. The Morgan fingerprint density at radius 1 is 1.62 bits per heavy atom. The third kappa shape index (κ3) is 1.67. The van der Waals surface area contributed by atoms with E-state index in [9.17, 15) is 4.79 Å². The summed E-state index contributed by atoms with van der Waals surface area (Å²) in [7, 11) is 0. The molecule has 1 aliphatic rings. The Balaban J connectivity index is 2.06. The molecule has 2 rings (SSSR count). The number of carbonyl (C=O) groups is 1. The summed E-state index contributed by atoms with van der Waals surface area (Å²) in [5.41, 5.74) is 2.55. The van der Waals surface area contributed by atoms with Gasteiger partial charge in [0.25, 0.3) is 0 Å². The predicted octanol–water partition coefficient (Wildman–Crippen LogP) is 1.58. The van der Waals surface area contributed by atoms with Gasteiger partial charge in [0, 0.05) is 19.6 Å². The standard InChI is InChI=1S/C9H12N2OS/c1-7-5-13-6-8(7)4-11-3-2-10-9(11)12/h5-6H,2-4H2,1H3,(H,10,12). The van der Waals surface area contributed by atoms with Crippen LogP contribution < -0.4 is 5.32 Å². The molecule has 1 aromatic rings. The highest BCUT2D eigenvalue weighted by Crippen LogP contribution is 2.16. The van der Waals surface area contributed by atoms with Crippen molar-refractivity contribution in [2.24, 2.45) is 0 Å². The van der Waals surface area contributed by atoms with E-state index in [1.165, 1.54) is 11.1 Å². The van der Waals surface area contributed by atoms with E-state index < -0.39 is 0 Å². The highest BCUT2D eigenvalue weighted by molar-refractivity contribution is 7.08. The molecule has 13 heavy (non-hydrogen) atoms. The Bertz CT molecular complexity index is 321. The highest BCUT2D eigenvalue weighted by Gasteiger charge is 2.19. The fourth-order valence-corrected chi connectivity index (χ4v) is 2.26. The lowest BCUT2D eigenvalue weighted by Gasteiger charge is -2.13. The van der Waals surface area contributed by atoms with Crippen molar-refractivity contribution in [1.82, 2.24) is 10.2 Å². The van der Waals surface area contributed by atoms with Gasteiger partial charge in [0.1, 0.15) is 0 Å². The Kier molecular flexibility index (Phi) is 2.22. The molecule has 1 fully saturated rings. The average Bonchev–Trinajstić information content (AvgIpc) is 2.65. The van der Waals surface area contributed by atoms with Crippen LogP contribution in [-0.2, 0) is 6.54 Å². The van der Waals surface area contributed by atoms with E-state index in [1.54, 1.807) is 11.3 Å². The lowest BCUT2D eigenvalue weighted by molar-refractivity contribution is 0.215. The zero-order valence-corrected chi connectivity index (χ0v) is 8.36. The van der Waals surface area contributed by atoms with Gasteiger partial charge in [-0.3, -0.25) is 0 Å². The molecule has 3 nitrogen and oxygen atoms in total. The average molecular weight is 196 g/mol. The minimum Gasteiger partial charge on any atom is -0.336 e. The number of amides is 2. The van der Waals surface area contributed by atoms with Gasteiger partial charge in [-0.1, -0.05) is 0 Å². The van der Waals surface area contributed by atoms with Crippen molar-refractivity contribution in [1.29, 1.82) is 0 Å². The number of hydrogen-bond donors (Lipinski definition) is 1. The van der Waals surface area contributed by atoms with Gasteiger partial charge in [-0.05, 0) is 28.8 Å². The summed E-state index contributed by atoms with van der Waals surface area (Å²) in [5.74, 6) is 0. The first-order valence-electron chi connectivity index (χ1n) is 4.32. The minimum absolute atomic E-state index is 0.0607. The lowest BCUT2D eigenvalue weighted by Crippen LogP contribution is -2.27. The van der Waals surface area contributed by atoms with E-state index in [4.69, 9.17) is 0 Å². The van der Waals surface area contributed by atoms with Crippen molar-refractivity contribution in [3.05, 3.63) is 21.9 Å². The monoisotopic (exact) mass is 196 g/mol. The molecule has 1 aliphatic heterocycles. The van der Waals surface area contributed by atoms with Crippen molar-refractivity contribution < 1.29 is 4.79 Å². The Morgan fingerprint density at radius 3 is 3.00 bits per heavy atom. The van der Waals surface area contributed by atoms with Gasteiger partial charge < -0.3 is 10.2 Å². The van der Waals surface area contributed by atoms with Gasteiger partial charge in [-0.2, -0.15) is 11.3 Å². The molecule has 0 spiro atoms. The van der Waals surface area contributed by atoms with E-state index in [2.05, 4.69) is 23.0 Å². The molecule has 1 aromatic heterocycles. The molecule has 0 radical (unpaired) electrons. The molecule has 2 heterocycles. The van der Waals surface area contributed by atoms with Gasteiger partial charge in [0.15, 0.2) is 0 Å². The second kappa shape index (κ2) is 3.38. The molecule has 0 unspecified atom stereocenters. The second-order valence-electron chi connectivity index (χ2n) is 3.23. The number of aryl methyl sites for hydroxylation is 1. The first kappa shape index (κ1) is 8.56. The summed E-state index contributed by atoms with van der Waals surface area (Å²) in [4.78, 5) is 13.1. The molecule has 0 aliphatic carbocycles. The van der Waals surface area contributed by atoms with Crippen LogP contribution in [-0.4, -0.2) is 24.0 Å². The third-order valence-corrected chi connectivity index (χ3v) is 3.18. The second-order valence-corrected chi connectivity index (χ2v) is 3.98. The van der Waals surface area contributed by atoms with E-state index in [0.29, 0.717) is 0 Å². The quantitative estimate of drug-likeness (QED) is 0.765. The molecular weight excluding hydrogens is 184 g/mol. The van der Waals surface area contributed by atoms with Crippen molar-refractivity contribution >= 4 is 17.4 Å². The van der Waals surface area contributed by atoms with Crippen LogP contribution in [0.15, 0.2) is 10.8 Å². The van der Waals surface area contributed by atoms with Crippen LogP contribution >= 0.6 is 11.3 Å². The van der Waals surface area contributed by atoms with E-state index in [0.717, 1.165) is 19.6 Å². The Hall–Kier alpha value is -1.03. The van der Waals surface area contributed by atoms with E-state index >= 15 is 0 Å². The SMILES string of the molecule is Cc1cscc1CN1CCNC1=O. The number of hydrogen-bond acceptors (Lipinski definition) is 2. The molecule has 0 bridgehead atoms. The summed E-state index contributed by atoms with van der Waals surface area (Å²) >= 11 is 1.69. The molecule has 70 valence electrons. The van der Waals surface area contributed by atoms with Gasteiger partial charge >= 0.3 is 6.03 Å². The van der Waals surface area contributed by atoms with E-state index in [1.807, 2.05) is 4.90 Å². The summed E-state index contributed by atoms with van der Waals surface area (Å²) < 4.78 is 0. The molecule has 2 amide bonds. The van der Waals surface area contributed by atoms with Crippen LogP contribution in [0.4, 0.5) is 4.79 Å². The predicted molar refractivity (Wildman–Crippen MR) is 52.9 cm³/mol. The molecule has 1 saturated heterocycles. The van der Waals surface area contributed by atoms with Crippen LogP contribution in [0.2, 0.25) is 0 Å². The van der Waals surface area contributed by atoms with Crippen LogP contribution in [0.3, 0.4) is 0 Å². The van der Waals surface area contributed by atoms with Crippen molar-refractivity contribution in [3.8, 4) is 0 Å². The van der Waals surface area contributed by atoms with Crippen LogP contribution in [0.5, 0.6) is 0 Å². The number of rotatable bonds is 2. The maximum Gasteiger partial charge on any atom is 0.317 e. The summed E-state index contributed by atoms with van der Waals surface area (Å²) in [6.07, 6.45) is 0. The minimum atomic E-state index is 0.0607. The molecule has 4 heteroatoms. The number of urea groups is 1. The summed E-state index contributed by atoms with van der Waals surface area (Å²) in [5, 5.41) is 7.02. The zero-order chi connectivity index (χ0) is 9.26. The van der Waals surface area contributed by atoms with Crippen LogP contribution in [0.1, 0.15) is 11.1 Å². The third-order valence-electron chi connectivity index (χ3n) is 2.27. The Labute approximate surface area is 81.4 Å². The number of nitrogens with zero attached hydrogens (tertiary/aromatic N) is 1. The van der Waals surface area contributed by atoms with Crippen LogP contribution in [0.25, 0.3) is 0 Å². The molecule has 0 atom stereocenters. The topological polar surface area (TPSA) is 32.3 Å². The molecular formula is C9H12N2OS. The highest BCUT2D eigenvalue weighted by atomic mass is 32.1. The van der Waals surface area contributed by atoms with Gasteiger partial charge in [-0.25, -0.2) is 4.79 Å². The van der Waals surface area contributed by atoms with Crippen molar-refractivity contribution in [2.75, 3.05) is 13.1 Å².